The lowest BCUT2D eigenvalue weighted by Gasteiger charge is -2.29. The van der Waals surface area contributed by atoms with E-state index < -0.39 is 5.60 Å². The highest BCUT2D eigenvalue weighted by molar-refractivity contribution is 5.46. The number of fused-ring (bicyclic) bond motifs is 1. The highest BCUT2D eigenvalue weighted by Gasteiger charge is 2.46. The predicted molar refractivity (Wildman–Crippen MR) is 70.2 cm³/mol. The molecule has 3 aliphatic rings. The number of ether oxygens (including phenoxy) is 2. The third kappa shape index (κ3) is 2.09. The summed E-state index contributed by atoms with van der Waals surface area (Å²) in [6, 6.07) is 6.43. The van der Waals surface area contributed by atoms with Crippen molar-refractivity contribution >= 4 is 0 Å². The lowest BCUT2D eigenvalue weighted by atomic mass is 9.88. The number of nitrogens with one attached hydrogen (secondary N) is 1. The van der Waals surface area contributed by atoms with Crippen molar-refractivity contribution < 1.29 is 14.6 Å². The summed E-state index contributed by atoms with van der Waals surface area (Å²) in [6.07, 6.45) is 4.69. The van der Waals surface area contributed by atoms with E-state index in [2.05, 4.69) is 5.32 Å². The molecule has 1 aromatic rings. The Morgan fingerprint density at radius 3 is 2.68 bits per heavy atom. The van der Waals surface area contributed by atoms with Gasteiger partial charge >= 0.3 is 0 Å². The summed E-state index contributed by atoms with van der Waals surface area (Å²) >= 11 is 0. The molecule has 4 heteroatoms. The average Bonchev–Trinajstić information content (AvgIpc) is 3.32. The van der Waals surface area contributed by atoms with Crippen molar-refractivity contribution in [3.8, 4) is 11.5 Å². The molecule has 1 heterocycles. The Kier molecular flexibility index (Phi) is 2.50. The van der Waals surface area contributed by atoms with Crippen molar-refractivity contribution in [2.45, 2.75) is 37.3 Å². The van der Waals surface area contributed by atoms with E-state index in [-0.39, 0.29) is 6.79 Å². The van der Waals surface area contributed by atoms with Crippen molar-refractivity contribution in [2.75, 3.05) is 13.3 Å². The fourth-order valence-corrected chi connectivity index (χ4v) is 2.80. The van der Waals surface area contributed by atoms with Crippen LogP contribution < -0.4 is 14.8 Å². The molecular formula is C15H19NO3. The van der Waals surface area contributed by atoms with Crippen LogP contribution in [0.5, 0.6) is 11.5 Å². The maximum absolute atomic E-state index is 11.1. The van der Waals surface area contributed by atoms with E-state index in [1.807, 2.05) is 18.2 Å². The van der Waals surface area contributed by atoms with Crippen LogP contribution in [0, 0.1) is 5.92 Å². The second-order valence-corrected chi connectivity index (χ2v) is 5.92. The van der Waals surface area contributed by atoms with Crippen molar-refractivity contribution in [1.82, 2.24) is 5.32 Å². The summed E-state index contributed by atoms with van der Waals surface area (Å²) in [7, 11) is 0. The topological polar surface area (TPSA) is 50.7 Å². The summed E-state index contributed by atoms with van der Waals surface area (Å²) in [6.45, 7) is 0.920. The second-order valence-electron chi connectivity index (χ2n) is 5.92. The summed E-state index contributed by atoms with van der Waals surface area (Å²) < 4.78 is 10.7. The van der Waals surface area contributed by atoms with Gasteiger partial charge in [-0.3, -0.25) is 0 Å². The fraction of sp³-hybridized carbons (Fsp3) is 0.600. The van der Waals surface area contributed by atoms with Crippen LogP contribution in [0.2, 0.25) is 0 Å². The van der Waals surface area contributed by atoms with Crippen LogP contribution in [0.15, 0.2) is 18.2 Å². The van der Waals surface area contributed by atoms with Gasteiger partial charge in [0.15, 0.2) is 11.5 Å². The SMILES string of the molecule is OC(CNC1CC1)(c1ccc2c(c1)OCO2)C1CC1. The molecule has 2 fully saturated rings. The van der Waals surface area contributed by atoms with Gasteiger partial charge in [-0.25, -0.2) is 0 Å². The monoisotopic (exact) mass is 261 g/mol. The molecule has 4 rings (SSSR count). The molecule has 0 amide bonds. The summed E-state index contributed by atoms with van der Waals surface area (Å²) in [4.78, 5) is 0. The Bertz CT molecular complexity index is 496. The van der Waals surface area contributed by atoms with Crippen molar-refractivity contribution in [3.05, 3.63) is 23.8 Å². The van der Waals surface area contributed by atoms with Gasteiger partial charge in [0.05, 0.1) is 0 Å². The quantitative estimate of drug-likeness (QED) is 0.848. The van der Waals surface area contributed by atoms with Crippen LogP contribution >= 0.6 is 0 Å². The van der Waals surface area contributed by atoms with Crippen LogP contribution in [0.3, 0.4) is 0 Å². The molecule has 2 N–H and O–H groups in total. The van der Waals surface area contributed by atoms with E-state index in [4.69, 9.17) is 9.47 Å². The first kappa shape index (κ1) is 11.6. The summed E-state index contributed by atoms with van der Waals surface area (Å²) in [5.74, 6) is 1.90. The summed E-state index contributed by atoms with van der Waals surface area (Å²) in [5, 5.41) is 14.5. The molecule has 1 aromatic carbocycles. The largest absolute Gasteiger partial charge is 0.454 e. The highest BCUT2D eigenvalue weighted by atomic mass is 16.7. The van der Waals surface area contributed by atoms with Crippen molar-refractivity contribution in [3.63, 3.8) is 0 Å². The van der Waals surface area contributed by atoms with Gasteiger partial charge in [0, 0.05) is 12.6 Å². The predicted octanol–water partition coefficient (Wildman–Crippen LogP) is 1.76. The average molecular weight is 261 g/mol. The molecule has 1 unspecified atom stereocenters. The van der Waals surface area contributed by atoms with E-state index in [0.29, 0.717) is 18.5 Å². The van der Waals surface area contributed by atoms with Gasteiger partial charge < -0.3 is 19.9 Å². The first-order valence-corrected chi connectivity index (χ1v) is 7.11. The molecule has 4 nitrogen and oxygen atoms in total. The van der Waals surface area contributed by atoms with Gasteiger partial charge in [-0.15, -0.1) is 0 Å². The molecule has 0 spiro atoms. The van der Waals surface area contributed by atoms with Gasteiger partial charge in [-0.1, -0.05) is 6.07 Å². The van der Waals surface area contributed by atoms with Crippen LogP contribution in [0.1, 0.15) is 31.2 Å². The minimum Gasteiger partial charge on any atom is -0.454 e. The molecule has 0 saturated heterocycles. The highest BCUT2D eigenvalue weighted by Crippen LogP contribution is 2.47. The molecule has 2 aliphatic carbocycles. The molecule has 1 atom stereocenters. The normalized spacial score (nSPS) is 24.3. The Balaban J connectivity index is 1.61. The smallest absolute Gasteiger partial charge is 0.231 e. The van der Waals surface area contributed by atoms with Crippen molar-refractivity contribution in [2.24, 2.45) is 5.92 Å². The molecule has 19 heavy (non-hydrogen) atoms. The molecule has 0 radical (unpaired) electrons. The molecule has 102 valence electrons. The van der Waals surface area contributed by atoms with E-state index in [1.54, 1.807) is 0 Å². The van der Waals surface area contributed by atoms with E-state index >= 15 is 0 Å². The minimum absolute atomic E-state index is 0.279. The van der Waals surface area contributed by atoms with Gasteiger partial charge in [0.1, 0.15) is 5.60 Å². The zero-order chi connectivity index (χ0) is 12.9. The zero-order valence-electron chi connectivity index (χ0n) is 10.9. The molecule has 2 saturated carbocycles. The maximum Gasteiger partial charge on any atom is 0.231 e. The van der Waals surface area contributed by atoms with Gasteiger partial charge in [-0.2, -0.15) is 0 Å². The third-order valence-electron chi connectivity index (χ3n) is 4.36. The van der Waals surface area contributed by atoms with Gasteiger partial charge in [0.2, 0.25) is 6.79 Å². The number of aliphatic hydroxyl groups is 1. The maximum atomic E-state index is 11.1. The van der Waals surface area contributed by atoms with Crippen LogP contribution in [0.25, 0.3) is 0 Å². The Morgan fingerprint density at radius 2 is 1.95 bits per heavy atom. The van der Waals surface area contributed by atoms with Crippen LogP contribution in [-0.2, 0) is 5.60 Å². The van der Waals surface area contributed by atoms with Crippen molar-refractivity contribution in [1.29, 1.82) is 0 Å². The fourth-order valence-electron chi connectivity index (χ4n) is 2.80. The van der Waals surface area contributed by atoms with Gasteiger partial charge in [0.25, 0.3) is 0 Å². The van der Waals surface area contributed by atoms with Gasteiger partial charge in [-0.05, 0) is 49.3 Å². The summed E-state index contributed by atoms with van der Waals surface area (Å²) in [5.41, 5.74) is 0.191. The lowest BCUT2D eigenvalue weighted by molar-refractivity contribution is 0.0130. The molecular weight excluding hydrogens is 242 g/mol. The molecule has 1 aliphatic heterocycles. The number of benzene rings is 1. The Hall–Kier alpha value is -1.26. The number of hydrogen-bond acceptors (Lipinski definition) is 4. The third-order valence-corrected chi connectivity index (χ3v) is 4.36. The lowest BCUT2D eigenvalue weighted by Crippen LogP contribution is -2.41. The standard InChI is InChI=1S/C15H19NO3/c17-15(10-1-2-10,8-16-12-4-5-12)11-3-6-13-14(7-11)19-9-18-13/h3,6-7,10,12,16-17H,1-2,4-5,8-9H2. The Morgan fingerprint density at radius 1 is 1.16 bits per heavy atom. The second kappa shape index (κ2) is 4.12. The molecule has 0 bridgehead atoms. The van der Waals surface area contributed by atoms with E-state index in [1.165, 1.54) is 12.8 Å². The first-order chi connectivity index (χ1) is 9.25. The number of rotatable bonds is 5. The minimum atomic E-state index is -0.760. The van der Waals surface area contributed by atoms with Crippen LogP contribution in [-0.4, -0.2) is 24.5 Å². The molecule has 0 aromatic heterocycles. The number of hydrogen-bond donors (Lipinski definition) is 2. The van der Waals surface area contributed by atoms with E-state index in [0.717, 1.165) is 29.9 Å². The van der Waals surface area contributed by atoms with E-state index in [9.17, 15) is 5.11 Å². The zero-order valence-corrected chi connectivity index (χ0v) is 10.9. The Labute approximate surface area is 112 Å². The van der Waals surface area contributed by atoms with Crippen LogP contribution in [0.4, 0.5) is 0 Å². The first-order valence-electron chi connectivity index (χ1n) is 7.11.